The summed E-state index contributed by atoms with van der Waals surface area (Å²) in [6.07, 6.45) is 2.31. The molecule has 1 fully saturated rings. The molecule has 174 valence electrons. The van der Waals surface area contributed by atoms with Gasteiger partial charge in [-0.2, -0.15) is 0 Å². The van der Waals surface area contributed by atoms with Gasteiger partial charge < -0.3 is 15.5 Å². The third kappa shape index (κ3) is 4.63. The zero-order chi connectivity index (χ0) is 23.8. The molecule has 2 amide bonds. The maximum absolute atomic E-state index is 13.7. The fourth-order valence-electron chi connectivity index (χ4n) is 4.19. The van der Waals surface area contributed by atoms with Crippen molar-refractivity contribution < 1.29 is 9.59 Å². The molecule has 2 heterocycles. The number of carbonyl (C=O) groups excluding carboxylic acids is 2. The van der Waals surface area contributed by atoms with E-state index in [1.54, 1.807) is 0 Å². The molecular formula is C26H25ClN4O2S. The van der Waals surface area contributed by atoms with Crippen LogP contribution in [0.15, 0.2) is 75.9 Å². The Kier molecular flexibility index (Phi) is 6.23. The summed E-state index contributed by atoms with van der Waals surface area (Å²) in [5, 5.41) is 9.47. The summed E-state index contributed by atoms with van der Waals surface area (Å²) in [6.45, 7) is 3.82. The average molecular weight is 493 g/mol. The third-order valence-electron chi connectivity index (χ3n) is 6.11. The molecule has 0 bridgehead atoms. The van der Waals surface area contributed by atoms with Gasteiger partial charge in [0.05, 0.1) is 23.7 Å². The number of aliphatic imine (C=N–C) groups is 1. The minimum absolute atomic E-state index is 0.0114. The molecule has 5 rings (SSSR count). The average Bonchev–Trinajstić information content (AvgIpc) is 3.53. The largest absolute Gasteiger partial charge is 0.353 e. The Morgan fingerprint density at radius 2 is 1.85 bits per heavy atom. The van der Waals surface area contributed by atoms with E-state index in [-0.39, 0.29) is 18.2 Å². The summed E-state index contributed by atoms with van der Waals surface area (Å²) < 4.78 is 0. The number of para-hydroxylation sites is 1. The van der Waals surface area contributed by atoms with Crippen molar-refractivity contribution in [3.63, 3.8) is 0 Å². The quantitative estimate of drug-likeness (QED) is 0.556. The maximum Gasteiger partial charge on any atom is 0.255 e. The van der Waals surface area contributed by atoms with Gasteiger partial charge in [0, 0.05) is 22.4 Å². The van der Waals surface area contributed by atoms with Crippen molar-refractivity contribution in [1.29, 1.82) is 0 Å². The number of nitrogens with one attached hydrogen (secondary N) is 2. The Morgan fingerprint density at radius 1 is 1.12 bits per heavy atom. The first kappa shape index (κ1) is 22.7. The van der Waals surface area contributed by atoms with Gasteiger partial charge in [0.2, 0.25) is 5.91 Å². The molecule has 0 saturated heterocycles. The van der Waals surface area contributed by atoms with Crippen LogP contribution < -0.4 is 10.6 Å². The van der Waals surface area contributed by atoms with Crippen LogP contribution in [-0.2, 0) is 9.59 Å². The van der Waals surface area contributed by atoms with Crippen molar-refractivity contribution in [3.8, 4) is 0 Å². The van der Waals surface area contributed by atoms with Gasteiger partial charge in [0.25, 0.3) is 5.91 Å². The van der Waals surface area contributed by atoms with Crippen molar-refractivity contribution in [3.05, 3.63) is 87.1 Å². The summed E-state index contributed by atoms with van der Waals surface area (Å²) in [5.41, 5.74) is 4.67. The maximum atomic E-state index is 13.7. The van der Waals surface area contributed by atoms with Gasteiger partial charge in [-0.1, -0.05) is 53.7 Å². The number of fused-ring (bicyclic) bond motifs is 1. The Morgan fingerprint density at radius 3 is 2.56 bits per heavy atom. The van der Waals surface area contributed by atoms with Gasteiger partial charge in [-0.15, -0.1) is 0 Å². The minimum atomic E-state index is -0.427. The topological polar surface area (TPSA) is 73.8 Å². The van der Waals surface area contributed by atoms with Crippen LogP contribution in [0.4, 0.5) is 5.69 Å². The zero-order valence-electron chi connectivity index (χ0n) is 19.0. The number of halogens is 1. The van der Waals surface area contributed by atoms with Gasteiger partial charge >= 0.3 is 0 Å². The lowest BCUT2D eigenvalue weighted by molar-refractivity contribution is -0.120. The zero-order valence-corrected chi connectivity index (χ0v) is 20.5. The standard InChI is InChI=1S/C26H25ClN4O2S/c1-15-5-3-4-6-21(15)30-25(33)23-16(2)28-26-31(24(23)17-7-9-18(27)10-8-17)20(14-34-26)13-22(32)29-19-11-12-19/h3-10,14,19,24H,11-13H2,1-2H3,(H,29,32)(H,30,33)/t24-/m1/s1. The highest BCUT2D eigenvalue weighted by Crippen LogP contribution is 2.45. The van der Waals surface area contributed by atoms with Gasteiger partial charge in [-0.25, -0.2) is 4.99 Å². The fourth-order valence-corrected chi connectivity index (χ4v) is 5.28. The Balaban J connectivity index is 1.51. The van der Waals surface area contributed by atoms with Crippen LogP contribution in [0.5, 0.6) is 0 Å². The van der Waals surface area contributed by atoms with E-state index in [1.165, 1.54) is 11.8 Å². The lowest BCUT2D eigenvalue weighted by Crippen LogP contribution is -2.39. The van der Waals surface area contributed by atoms with Gasteiger partial charge in [-0.05, 0) is 61.4 Å². The van der Waals surface area contributed by atoms with E-state index in [9.17, 15) is 9.59 Å². The Bertz CT molecular complexity index is 1250. The van der Waals surface area contributed by atoms with E-state index in [0.29, 0.717) is 22.3 Å². The first-order chi connectivity index (χ1) is 16.4. The second-order valence-electron chi connectivity index (χ2n) is 8.73. The number of hydrogen-bond acceptors (Lipinski definition) is 5. The molecule has 2 N–H and O–H groups in total. The van der Waals surface area contributed by atoms with Crippen LogP contribution in [-0.4, -0.2) is 27.9 Å². The van der Waals surface area contributed by atoms with E-state index in [0.717, 1.165) is 40.5 Å². The Hall–Kier alpha value is -3.03. The number of hydrogen-bond donors (Lipinski definition) is 2. The van der Waals surface area contributed by atoms with Crippen LogP contribution in [0.1, 0.15) is 43.4 Å². The SMILES string of the molecule is CC1=C(C(=O)Nc2ccccc2C)[C@@H](c2ccc(Cl)cc2)N2C(CC(=O)NC3CC3)=CSC2=N1. The second kappa shape index (κ2) is 9.31. The fraction of sp³-hybridized carbons (Fsp3) is 0.269. The van der Waals surface area contributed by atoms with Crippen molar-refractivity contribution in [2.75, 3.05) is 5.32 Å². The summed E-state index contributed by atoms with van der Waals surface area (Å²) in [7, 11) is 0. The number of thioether (sulfide) groups is 1. The predicted molar refractivity (Wildman–Crippen MR) is 137 cm³/mol. The number of carbonyl (C=O) groups is 2. The molecule has 0 spiro atoms. The molecule has 6 nitrogen and oxygen atoms in total. The molecule has 2 aromatic carbocycles. The number of aryl methyl sites for hydroxylation is 1. The molecule has 0 radical (unpaired) electrons. The number of amidine groups is 1. The lowest BCUT2D eigenvalue weighted by Gasteiger charge is -2.36. The highest BCUT2D eigenvalue weighted by molar-refractivity contribution is 8.16. The van der Waals surface area contributed by atoms with Crippen LogP contribution >= 0.6 is 23.4 Å². The normalized spacial score (nSPS) is 19.4. The number of anilines is 1. The molecule has 0 unspecified atom stereocenters. The van der Waals surface area contributed by atoms with Crippen LogP contribution in [0.2, 0.25) is 5.02 Å². The number of rotatable bonds is 6. The molecule has 0 aromatic heterocycles. The first-order valence-corrected chi connectivity index (χ1v) is 12.5. The highest BCUT2D eigenvalue weighted by atomic mass is 35.5. The summed E-state index contributed by atoms with van der Waals surface area (Å²) in [6, 6.07) is 15.0. The van der Waals surface area contributed by atoms with E-state index in [2.05, 4.69) is 10.6 Å². The third-order valence-corrected chi connectivity index (χ3v) is 7.25. The van der Waals surface area contributed by atoms with Crippen molar-refractivity contribution >= 4 is 46.0 Å². The molecule has 2 aromatic rings. The molecule has 1 saturated carbocycles. The van der Waals surface area contributed by atoms with Gasteiger partial charge in [0.1, 0.15) is 0 Å². The predicted octanol–water partition coefficient (Wildman–Crippen LogP) is 5.53. The molecule has 2 aliphatic heterocycles. The van der Waals surface area contributed by atoms with Crippen LogP contribution in [0.25, 0.3) is 0 Å². The molecule has 8 heteroatoms. The van der Waals surface area contributed by atoms with E-state index in [1.807, 2.05) is 72.7 Å². The van der Waals surface area contributed by atoms with Crippen LogP contribution in [0, 0.1) is 6.92 Å². The van der Waals surface area contributed by atoms with E-state index < -0.39 is 6.04 Å². The number of benzene rings is 2. The van der Waals surface area contributed by atoms with E-state index >= 15 is 0 Å². The molecular weight excluding hydrogens is 468 g/mol. The van der Waals surface area contributed by atoms with Gasteiger partial charge in [0.15, 0.2) is 5.17 Å². The van der Waals surface area contributed by atoms with E-state index in [4.69, 9.17) is 16.6 Å². The second-order valence-corrected chi connectivity index (χ2v) is 10.0. The number of amides is 2. The highest BCUT2D eigenvalue weighted by Gasteiger charge is 2.40. The first-order valence-electron chi connectivity index (χ1n) is 11.3. The van der Waals surface area contributed by atoms with Crippen molar-refractivity contribution in [2.45, 2.75) is 45.2 Å². The lowest BCUT2D eigenvalue weighted by atomic mass is 9.93. The smallest absolute Gasteiger partial charge is 0.255 e. The summed E-state index contributed by atoms with van der Waals surface area (Å²) >= 11 is 7.65. The number of allylic oxidation sites excluding steroid dienone is 1. The monoisotopic (exact) mass is 492 g/mol. The molecule has 1 aliphatic carbocycles. The summed E-state index contributed by atoms with van der Waals surface area (Å²) in [5.74, 6) is -0.226. The molecule has 3 aliphatic rings. The van der Waals surface area contributed by atoms with Crippen LogP contribution in [0.3, 0.4) is 0 Å². The minimum Gasteiger partial charge on any atom is -0.353 e. The van der Waals surface area contributed by atoms with Crippen molar-refractivity contribution in [1.82, 2.24) is 10.2 Å². The summed E-state index contributed by atoms with van der Waals surface area (Å²) in [4.78, 5) is 33.1. The molecule has 1 atom stereocenters. The number of nitrogens with zero attached hydrogens (tertiary/aromatic N) is 2. The molecule has 34 heavy (non-hydrogen) atoms. The van der Waals surface area contributed by atoms with Crippen molar-refractivity contribution in [2.24, 2.45) is 4.99 Å². The Labute approximate surface area is 208 Å². The van der Waals surface area contributed by atoms with Gasteiger partial charge in [-0.3, -0.25) is 9.59 Å².